The highest BCUT2D eigenvalue weighted by Crippen LogP contribution is 2.22. The fourth-order valence-electron chi connectivity index (χ4n) is 1.68. The summed E-state index contributed by atoms with van der Waals surface area (Å²) in [4.78, 5) is 11.9. The van der Waals surface area contributed by atoms with Crippen molar-refractivity contribution in [2.24, 2.45) is 7.05 Å². The van der Waals surface area contributed by atoms with Crippen molar-refractivity contribution in [3.05, 3.63) is 40.8 Å². The van der Waals surface area contributed by atoms with E-state index < -0.39 is 0 Å². The van der Waals surface area contributed by atoms with Gasteiger partial charge in [-0.2, -0.15) is 0 Å². The van der Waals surface area contributed by atoms with Crippen LogP contribution < -0.4 is 10.3 Å². The number of pyridine rings is 1. The van der Waals surface area contributed by atoms with Crippen LogP contribution in [0.15, 0.2) is 35.3 Å². The van der Waals surface area contributed by atoms with Gasteiger partial charge in [0, 0.05) is 18.6 Å². The molecular weight excluding hydrogens is 202 g/mol. The lowest BCUT2D eigenvalue weighted by atomic mass is 10.1. The molecule has 16 heavy (non-hydrogen) atoms. The van der Waals surface area contributed by atoms with Crippen molar-refractivity contribution in [1.82, 2.24) is 4.57 Å². The summed E-state index contributed by atoms with van der Waals surface area (Å²) in [7, 11) is 1.75. The predicted molar refractivity (Wildman–Crippen MR) is 65.0 cm³/mol. The third-order valence-electron chi connectivity index (χ3n) is 2.54. The molecule has 0 aliphatic heterocycles. The second-order valence-corrected chi connectivity index (χ2v) is 3.80. The highest BCUT2D eigenvalue weighted by molar-refractivity contribution is 5.87. The molecule has 0 radical (unpaired) electrons. The molecule has 0 amide bonds. The van der Waals surface area contributed by atoms with E-state index in [2.05, 4.69) is 6.92 Å². The van der Waals surface area contributed by atoms with Crippen LogP contribution in [-0.4, -0.2) is 11.2 Å². The monoisotopic (exact) mass is 217 g/mol. The third kappa shape index (κ3) is 1.81. The third-order valence-corrected chi connectivity index (χ3v) is 2.54. The number of aryl methyl sites for hydroxylation is 1. The number of hydrogen-bond donors (Lipinski definition) is 0. The molecule has 0 aliphatic carbocycles. The Morgan fingerprint density at radius 1 is 1.25 bits per heavy atom. The number of fused-ring (bicyclic) bond motifs is 1. The zero-order valence-corrected chi connectivity index (χ0v) is 9.56. The molecule has 2 aromatic rings. The van der Waals surface area contributed by atoms with Gasteiger partial charge in [0.2, 0.25) is 0 Å². The highest BCUT2D eigenvalue weighted by Gasteiger charge is 2.05. The summed E-state index contributed by atoms with van der Waals surface area (Å²) in [5.41, 5.74) is 0.0134. The molecule has 84 valence electrons. The number of benzene rings is 1. The molecule has 1 aromatic heterocycles. The van der Waals surface area contributed by atoms with E-state index in [1.165, 1.54) is 0 Å². The van der Waals surface area contributed by atoms with Gasteiger partial charge in [-0.3, -0.25) is 4.79 Å². The maximum absolute atomic E-state index is 11.9. The van der Waals surface area contributed by atoms with Crippen LogP contribution in [0.1, 0.15) is 13.3 Å². The maximum atomic E-state index is 11.9. The minimum absolute atomic E-state index is 0.0134. The molecule has 1 heterocycles. The highest BCUT2D eigenvalue weighted by atomic mass is 16.5. The van der Waals surface area contributed by atoms with Crippen molar-refractivity contribution in [2.45, 2.75) is 13.3 Å². The Morgan fingerprint density at radius 3 is 2.81 bits per heavy atom. The second kappa shape index (κ2) is 4.39. The van der Waals surface area contributed by atoms with Gasteiger partial charge < -0.3 is 9.30 Å². The number of aromatic nitrogens is 1. The summed E-state index contributed by atoms with van der Waals surface area (Å²) in [5, 5.41) is 1.60. The molecule has 0 bridgehead atoms. The van der Waals surface area contributed by atoms with E-state index in [1.807, 2.05) is 24.3 Å². The molecule has 0 fully saturated rings. The standard InChI is InChI=1S/C13H15NO2/c1-3-9-16-12-6-4-5-11-10(12)7-8-14(2)13(11)15/h4-8H,3,9H2,1-2H3. The summed E-state index contributed by atoms with van der Waals surface area (Å²) < 4.78 is 7.19. The van der Waals surface area contributed by atoms with Gasteiger partial charge in [0.15, 0.2) is 0 Å². The Hall–Kier alpha value is -1.77. The Balaban J connectivity index is 2.60. The minimum Gasteiger partial charge on any atom is -0.493 e. The molecule has 3 nitrogen and oxygen atoms in total. The van der Waals surface area contributed by atoms with Crippen molar-refractivity contribution >= 4 is 10.8 Å². The van der Waals surface area contributed by atoms with Crippen LogP contribution >= 0.6 is 0 Å². The van der Waals surface area contributed by atoms with E-state index >= 15 is 0 Å². The van der Waals surface area contributed by atoms with Crippen LogP contribution in [0, 0.1) is 0 Å². The summed E-state index contributed by atoms with van der Waals surface area (Å²) in [5.74, 6) is 0.789. The molecule has 0 saturated heterocycles. The van der Waals surface area contributed by atoms with Crippen LogP contribution in [-0.2, 0) is 7.05 Å². The summed E-state index contributed by atoms with van der Waals surface area (Å²) in [6.07, 6.45) is 2.73. The largest absolute Gasteiger partial charge is 0.493 e. The van der Waals surface area contributed by atoms with Gasteiger partial charge >= 0.3 is 0 Å². The molecule has 0 N–H and O–H groups in total. The Morgan fingerprint density at radius 2 is 2.06 bits per heavy atom. The molecule has 1 aromatic carbocycles. The smallest absolute Gasteiger partial charge is 0.258 e. The number of nitrogens with zero attached hydrogens (tertiary/aromatic N) is 1. The normalized spacial score (nSPS) is 10.6. The summed E-state index contributed by atoms with van der Waals surface area (Å²) in [6, 6.07) is 7.50. The van der Waals surface area contributed by atoms with Crippen molar-refractivity contribution in [1.29, 1.82) is 0 Å². The predicted octanol–water partition coefficient (Wildman–Crippen LogP) is 2.33. The fourth-order valence-corrected chi connectivity index (χ4v) is 1.68. The van der Waals surface area contributed by atoms with Crippen LogP contribution in [0.3, 0.4) is 0 Å². The average Bonchev–Trinajstić information content (AvgIpc) is 2.31. The number of ether oxygens (including phenoxy) is 1. The molecule has 2 rings (SSSR count). The van der Waals surface area contributed by atoms with Gasteiger partial charge in [0.05, 0.1) is 12.0 Å². The zero-order chi connectivity index (χ0) is 11.5. The molecule has 0 atom stereocenters. The first-order valence-electron chi connectivity index (χ1n) is 5.45. The Kier molecular flexibility index (Phi) is 2.95. The minimum atomic E-state index is 0.0134. The Labute approximate surface area is 94.3 Å². The SMILES string of the molecule is CCCOc1cccc2c(=O)n(C)ccc12. The van der Waals surface area contributed by atoms with Crippen LogP contribution in [0.25, 0.3) is 10.8 Å². The Bertz CT molecular complexity index is 557. The zero-order valence-electron chi connectivity index (χ0n) is 9.56. The van der Waals surface area contributed by atoms with E-state index in [0.29, 0.717) is 12.0 Å². The van der Waals surface area contributed by atoms with Crippen molar-refractivity contribution in [3.8, 4) is 5.75 Å². The number of hydrogen-bond acceptors (Lipinski definition) is 2. The lowest BCUT2D eigenvalue weighted by Crippen LogP contribution is -2.15. The first-order chi connectivity index (χ1) is 7.74. The molecule has 0 aliphatic rings. The quantitative estimate of drug-likeness (QED) is 0.790. The van der Waals surface area contributed by atoms with Crippen molar-refractivity contribution in [2.75, 3.05) is 6.61 Å². The van der Waals surface area contributed by atoms with Gasteiger partial charge in [-0.05, 0) is 24.6 Å². The van der Waals surface area contributed by atoms with E-state index in [4.69, 9.17) is 4.74 Å². The van der Waals surface area contributed by atoms with Gasteiger partial charge in [0.1, 0.15) is 5.75 Å². The van der Waals surface area contributed by atoms with E-state index in [0.717, 1.165) is 17.6 Å². The summed E-state index contributed by atoms with van der Waals surface area (Å²) >= 11 is 0. The molecule has 3 heteroatoms. The van der Waals surface area contributed by atoms with Gasteiger partial charge in [-0.25, -0.2) is 0 Å². The van der Waals surface area contributed by atoms with Crippen LogP contribution in [0.2, 0.25) is 0 Å². The van der Waals surface area contributed by atoms with E-state index in [-0.39, 0.29) is 5.56 Å². The molecule has 0 spiro atoms. The van der Waals surface area contributed by atoms with E-state index in [1.54, 1.807) is 17.8 Å². The topological polar surface area (TPSA) is 31.2 Å². The van der Waals surface area contributed by atoms with E-state index in [9.17, 15) is 4.79 Å². The lowest BCUT2D eigenvalue weighted by Gasteiger charge is -2.08. The summed E-state index contributed by atoms with van der Waals surface area (Å²) in [6.45, 7) is 2.73. The van der Waals surface area contributed by atoms with Gasteiger partial charge in [0.25, 0.3) is 5.56 Å². The fraction of sp³-hybridized carbons (Fsp3) is 0.308. The van der Waals surface area contributed by atoms with Crippen molar-refractivity contribution in [3.63, 3.8) is 0 Å². The van der Waals surface area contributed by atoms with Crippen molar-refractivity contribution < 1.29 is 4.74 Å². The van der Waals surface area contributed by atoms with Crippen LogP contribution in [0.4, 0.5) is 0 Å². The first kappa shape index (κ1) is 10.7. The van der Waals surface area contributed by atoms with Gasteiger partial charge in [-0.15, -0.1) is 0 Å². The number of rotatable bonds is 3. The average molecular weight is 217 g/mol. The first-order valence-corrected chi connectivity index (χ1v) is 5.45. The molecular formula is C13H15NO2. The lowest BCUT2D eigenvalue weighted by molar-refractivity contribution is 0.321. The van der Waals surface area contributed by atoms with Crippen LogP contribution in [0.5, 0.6) is 5.75 Å². The van der Waals surface area contributed by atoms with Gasteiger partial charge in [-0.1, -0.05) is 13.0 Å². The second-order valence-electron chi connectivity index (χ2n) is 3.80. The molecule has 0 saturated carbocycles. The molecule has 0 unspecified atom stereocenters. The maximum Gasteiger partial charge on any atom is 0.258 e.